The number of amides is 1. The SMILES string of the molecule is CSc1nc(C)c(CCC(=O)N2CCCC(CNS(C)(=O)=O)C2)c(C)n1. The maximum absolute atomic E-state index is 12.6. The Labute approximate surface area is 160 Å². The van der Waals surface area contributed by atoms with Gasteiger partial charge in [-0.15, -0.1) is 0 Å². The number of sulfonamides is 1. The van der Waals surface area contributed by atoms with Crippen LogP contribution in [-0.4, -0.2) is 61.3 Å². The first-order valence-electron chi connectivity index (χ1n) is 8.80. The number of hydrogen-bond donors (Lipinski definition) is 1. The van der Waals surface area contributed by atoms with Crippen LogP contribution in [0.15, 0.2) is 5.16 Å². The van der Waals surface area contributed by atoms with Crippen molar-refractivity contribution in [1.29, 1.82) is 0 Å². The lowest BCUT2D eigenvalue weighted by molar-refractivity contribution is -0.132. The molecule has 1 unspecified atom stereocenters. The van der Waals surface area contributed by atoms with Crippen LogP contribution in [0.25, 0.3) is 0 Å². The second kappa shape index (κ2) is 9.14. The fourth-order valence-electron chi connectivity index (χ4n) is 3.28. The molecule has 7 nitrogen and oxygen atoms in total. The number of aromatic nitrogens is 2. The third-order valence-electron chi connectivity index (χ3n) is 4.68. The van der Waals surface area contributed by atoms with Crippen molar-refractivity contribution in [2.75, 3.05) is 32.1 Å². The van der Waals surface area contributed by atoms with Crippen LogP contribution < -0.4 is 4.72 Å². The quantitative estimate of drug-likeness (QED) is 0.551. The van der Waals surface area contributed by atoms with Gasteiger partial charge in [0.25, 0.3) is 0 Å². The van der Waals surface area contributed by atoms with E-state index in [2.05, 4.69) is 14.7 Å². The lowest BCUT2D eigenvalue weighted by Gasteiger charge is -2.33. The Morgan fingerprint density at radius 1 is 1.31 bits per heavy atom. The van der Waals surface area contributed by atoms with Gasteiger partial charge in [-0.05, 0) is 50.8 Å². The van der Waals surface area contributed by atoms with Gasteiger partial charge >= 0.3 is 0 Å². The van der Waals surface area contributed by atoms with Crippen LogP contribution in [0.5, 0.6) is 0 Å². The molecule has 1 aromatic heterocycles. The summed E-state index contributed by atoms with van der Waals surface area (Å²) in [5.74, 6) is 0.289. The minimum Gasteiger partial charge on any atom is -0.342 e. The second-order valence-corrected chi connectivity index (χ2v) is 9.43. The number of rotatable bonds is 7. The largest absolute Gasteiger partial charge is 0.342 e. The number of piperidine rings is 1. The highest BCUT2D eigenvalue weighted by Gasteiger charge is 2.24. The van der Waals surface area contributed by atoms with Gasteiger partial charge in [0.2, 0.25) is 15.9 Å². The van der Waals surface area contributed by atoms with Gasteiger partial charge in [0.05, 0.1) is 6.26 Å². The summed E-state index contributed by atoms with van der Waals surface area (Å²) in [6.45, 7) is 5.67. The molecule has 0 saturated carbocycles. The molecule has 2 rings (SSSR count). The number of likely N-dealkylation sites (tertiary alicyclic amines) is 1. The molecular formula is C17H28N4O3S2. The van der Waals surface area contributed by atoms with Crippen LogP contribution in [-0.2, 0) is 21.2 Å². The predicted octanol–water partition coefficient (Wildman–Crippen LogP) is 1.54. The molecule has 1 amide bonds. The van der Waals surface area contributed by atoms with Crippen molar-refractivity contribution >= 4 is 27.7 Å². The van der Waals surface area contributed by atoms with Crippen LogP contribution in [0.3, 0.4) is 0 Å². The summed E-state index contributed by atoms with van der Waals surface area (Å²) in [4.78, 5) is 23.4. The lowest BCUT2D eigenvalue weighted by atomic mass is 9.97. The normalized spacial score (nSPS) is 18.2. The fraction of sp³-hybridized carbons (Fsp3) is 0.706. The summed E-state index contributed by atoms with van der Waals surface area (Å²) < 4.78 is 25.1. The molecular weight excluding hydrogens is 372 g/mol. The summed E-state index contributed by atoms with van der Waals surface area (Å²) >= 11 is 1.51. The Bertz CT molecular complexity index is 729. The number of thioether (sulfide) groups is 1. The van der Waals surface area contributed by atoms with E-state index in [-0.39, 0.29) is 11.8 Å². The Morgan fingerprint density at radius 3 is 2.54 bits per heavy atom. The minimum absolute atomic E-state index is 0.113. The fourth-order valence-corrected chi connectivity index (χ4v) is 4.27. The van der Waals surface area contributed by atoms with Gasteiger partial charge in [-0.3, -0.25) is 4.79 Å². The first kappa shape index (κ1) is 21.1. The Kier molecular flexibility index (Phi) is 7.42. The standard InChI is InChI=1S/C17H28N4O3S2/c1-12-15(13(2)20-17(19-12)25-3)7-8-16(22)21-9-5-6-14(11-21)10-18-26(4,23)24/h14,18H,5-11H2,1-4H3. The van der Waals surface area contributed by atoms with Gasteiger partial charge < -0.3 is 4.90 Å². The molecule has 0 radical (unpaired) electrons. The van der Waals surface area contributed by atoms with Crippen molar-refractivity contribution in [2.45, 2.75) is 44.7 Å². The smallest absolute Gasteiger partial charge is 0.222 e. The topological polar surface area (TPSA) is 92.3 Å². The third-order valence-corrected chi connectivity index (χ3v) is 5.92. The van der Waals surface area contributed by atoms with Gasteiger partial charge in [-0.2, -0.15) is 0 Å². The van der Waals surface area contributed by atoms with Crippen molar-refractivity contribution in [3.8, 4) is 0 Å². The van der Waals surface area contributed by atoms with Gasteiger partial charge in [-0.1, -0.05) is 11.8 Å². The van der Waals surface area contributed by atoms with Crippen molar-refractivity contribution in [2.24, 2.45) is 5.92 Å². The highest BCUT2D eigenvalue weighted by molar-refractivity contribution is 7.98. The Balaban J connectivity index is 1.91. The van der Waals surface area contributed by atoms with E-state index < -0.39 is 10.0 Å². The molecule has 1 saturated heterocycles. The molecule has 0 spiro atoms. The van der Waals surface area contributed by atoms with Crippen LogP contribution in [0.1, 0.15) is 36.2 Å². The maximum atomic E-state index is 12.6. The highest BCUT2D eigenvalue weighted by Crippen LogP contribution is 2.20. The zero-order chi connectivity index (χ0) is 19.3. The van der Waals surface area contributed by atoms with Crippen LogP contribution in [0.4, 0.5) is 0 Å². The number of nitrogens with one attached hydrogen (secondary N) is 1. The molecule has 1 aromatic rings. The monoisotopic (exact) mass is 400 g/mol. The van der Waals surface area contributed by atoms with Crippen molar-refractivity contribution in [3.63, 3.8) is 0 Å². The molecule has 0 aromatic carbocycles. The van der Waals surface area contributed by atoms with Gasteiger partial charge in [-0.25, -0.2) is 23.1 Å². The molecule has 1 atom stereocenters. The van der Waals surface area contributed by atoms with E-state index in [9.17, 15) is 13.2 Å². The molecule has 9 heteroatoms. The van der Waals surface area contributed by atoms with Crippen molar-refractivity contribution < 1.29 is 13.2 Å². The highest BCUT2D eigenvalue weighted by atomic mass is 32.2. The van der Waals surface area contributed by atoms with E-state index in [0.717, 1.165) is 47.7 Å². The Morgan fingerprint density at radius 2 is 1.96 bits per heavy atom. The van der Waals surface area contributed by atoms with E-state index in [1.54, 1.807) is 0 Å². The number of hydrogen-bond acceptors (Lipinski definition) is 6. The number of aryl methyl sites for hydroxylation is 2. The average molecular weight is 401 g/mol. The van der Waals surface area contributed by atoms with Crippen LogP contribution in [0.2, 0.25) is 0 Å². The second-order valence-electron chi connectivity index (χ2n) is 6.83. The molecule has 0 aliphatic carbocycles. The molecule has 26 heavy (non-hydrogen) atoms. The van der Waals surface area contributed by atoms with E-state index in [0.29, 0.717) is 25.9 Å². The number of carbonyl (C=O) groups is 1. The zero-order valence-electron chi connectivity index (χ0n) is 15.9. The first-order chi connectivity index (χ1) is 12.2. The molecule has 1 fully saturated rings. The van der Waals surface area contributed by atoms with E-state index in [4.69, 9.17) is 0 Å². The van der Waals surface area contributed by atoms with E-state index in [1.165, 1.54) is 11.8 Å². The number of nitrogens with zero attached hydrogens (tertiary/aromatic N) is 3. The summed E-state index contributed by atoms with van der Waals surface area (Å²) in [5, 5.41) is 0.757. The van der Waals surface area contributed by atoms with Crippen molar-refractivity contribution in [1.82, 2.24) is 19.6 Å². The van der Waals surface area contributed by atoms with E-state index >= 15 is 0 Å². The molecule has 146 valence electrons. The maximum Gasteiger partial charge on any atom is 0.222 e. The summed E-state index contributed by atoms with van der Waals surface area (Å²) in [5.41, 5.74) is 2.91. The zero-order valence-corrected chi connectivity index (χ0v) is 17.5. The minimum atomic E-state index is -3.19. The molecule has 2 heterocycles. The first-order valence-corrected chi connectivity index (χ1v) is 11.9. The third kappa shape index (κ3) is 6.21. The summed E-state index contributed by atoms with van der Waals surface area (Å²) in [6.07, 6.45) is 6.01. The number of carbonyl (C=O) groups excluding carboxylic acids is 1. The van der Waals surface area contributed by atoms with Gasteiger partial charge in [0, 0.05) is 37.4 Å². The van der Waals surface area contributed by atoms with Gasteiger partial charge in [0.1, 0.15) is 0 Å². The molecule has 0 bridgehead atoms. The van der Waals surface area contributed by atoms with Crippen LogP contribution >= 0.6 is 11.8 Å². The summed E-state index contributed by atoms with van der Waals surface area (Å²) in [6, 6.07) is 0. The van der Waals surface area contributed by atoms with Gasteiger partial charge in [0.15, 0.2) is 5.16 Å². The summed E-state index contributed by atoms with van der Waals surface area (Å²) in [7, 11) is -3.19. The molecule has 1 aliphatic rings. The molecule has 1 N–H and O–H groups in total. The van der Waals surface area contributed by atoms with Crippen LogP contribution in [0, 0.1) is 19.8 Å². The lowest BCUT2D eigenvalue weighted by Crippen LogP contribution is -2.43. The predicted molar refractivity (Wildman–Crippen MR) is 104 cm³/mol. The average Bonchev–Trinajstić information content (AvgIpc) is 2.58. The van der Waals surface area contributed by atoms with E-state index in [1.807, 2.05) is 25.0 Å². The molecule has 1 aliphatic heterocycles. The Hall–Kier alpha value is -1.19. The van der Waals surface area contributed by atoms with Crippen molar-refractivity contribution in [3.05, 3.63) is 17.0 Å².